The molecule has 5 heteroatoms. The molecule has 0 heterocycles. The molecule has 6 N–H and O–H groups in total. The number of carbonyl (C=O) groups is 1. The van der Waals surface area contributed by atoms with Crippen molar-refractivity contribution in [2.24, 2.45) is 0 Å². The van der Waals surface area contributed by atoms with Crippen LogP contribution >= 0.6 is 0 Å². The molecule has 0 saturated carbocycles. The SMILES string of the molecule is Nc1cc(N)c(OC=O)c(N)c1. The first kappa shape index (κ1) is 8.19. The number of hydrogen-bond acceptors (Lipinski definition) is 5. The van der Waals surface area contributed by atoms with Crippen LogP contribution in [-0.4, -0.2) is 6.47 Å². The molecule has 1 aromatic rings. The Morgan fingerprint density at radius 3 is 2.08 bits per heavy atom. The summed E-state index contributed by atoms with van der Waals surface area (Å²) >= 11 is 0. The van der Waals surface area contributed by atoms with Crippen molar-refractivity contribution >= 4 is 23.5 Å². The predicted octanol–water partition coefficient (Wildman–Crippen LogP) is -0.0316. The summed E-state index contributed by atoms with van der Waals surface area (Å²) in [7, 11) is 0. The largest absolute Gasteiger partial charge is 0.424 e. The third-order valence-electron chi connectivity index (χ3n) is 1.33. The molecule has 0 atom stereocenters. The maximum absolute atomic E-state index is 10.00. The first-order valence-electron chi connectivity index (χ1n) is 3.20. The molecule has 12 heavy (non-hydrogen) atoms. The maximum atomic E-state index is 10.00. The van der Waals surface area contributed by atoms with Crippen molar-refractivity contribution in [3.8, 4) is 5.75 Å². The second-order valence-electron chi connectivity index (χ2n) is 2.24. The number of hydrogen-bond donors (Lipinski definition) is 3. The summed E-state index contributed by atoms with van der Waals surface area (Å²) in [5, 5.41) is 0. The third kappa shape index (κ3) is 1.39. The minimum Gasteiger partial charge on any atom is -0.424 e. The average Bonchev–Trinajstić information content (AvgIpc) is 1.96. The quantitative estimate of drug-likeness (QED) is 0.423. The van der Waals surface area contributed by atoms with E-state index in [-0.39, 0.29) is 23.6 Å². The Kier molecular flexibility index (Phi) is 2.05. The van der Waals surface area contributed by atoms with Crippen LogP contribution in [0.3, 0.4) is 0 Å². The molecule has 0 aliphatic rings. The van der Waals surface area contributed by atoms with Crippen LogP contribution in [0.25, 0.3) is 0 Å². The van der Waals surface area contributed by atoms with Crippen molar-refractivity contribution in [1.82, 2.24) is 0 Å². The van der Waals surface area contributed by atoms with Gasteiger partial charge >= 0.3 is 0 Å². The number of benzene rings is 1. The fourth-order valence-corrected chi connectivity index (χ4v) is 0.883. The highest BCUT2D eigenvalue weighted by Gasteiger charge is 2.05. The number of rotatable bonds is 2. The van der Waals surface area contributed by atoms with Gasteiger partial charge in [0.2, 0.25) is 0 Å². The Labute approximate surface area is 69.1 Å². The summed E-state index contributed by atoms with van der Waals surface area (Å²) in [6.07, 6.45) is 0. The molecule has 1 rings (SSSR count). The van der Waals surface area contributed by atoms with Gasteiger partial charge in [0, 0.05) is 5.69 Å². The van der Waals surface area contributed by atoms with Crippen LogP contribution in [0.1, 0.15) is 0 Å². The van der Waals surface area contributed by atoms with Crippen molar-refractivity contribution < 1.29 is 9.53 Å². The molecule has 0 unspecified atom stereocenters. The van der Waals surface area contributed by atoms with E-state index in [1.807, 2.05) is 0 Å². The highest BCUT2D eigenvalue weighted by Crippen LogP contribution is 2.30. The Hall–Kier alpha value is -1.91. The molecule has 1 aromatic carbocycles. The Bertz CT molecular complexity index is 289. The third-order valence-corrected chi connectivity index (χ3v) is 1.33. The molecule has 0 saturated heterocycles. The molecule has 0 radical (unpaired) electrons. The fraction of sp³-hybridized carbons (Fsp3) is 0. The molecular weight excluding hydrogens is 158 g/mol. The Morgan fingerprint density at radius 1 is 1.17 bits per heavy atom. The predicted molar refractivity (Wildman–Crippen MR) is 46.4 cm³/mol. The van der Waals surface area contributed by atoms with Crippen molar-refractivity contribution in [2.45, 2.75) is 0 Å². The van der Waals surface area contributed by atoms with Crippen LogP contribution in [-0.2, 0) is 4.79 Å². The molecule has 0 amide bonds. The van der Waals surface area contributed by atoms with E-state index in [2.05, 4.69) is 4.74 Å². The molecule has 64 valence electrons. The van der Waals surface area contributed by atoms with E-state index in [1.165, 1.54) is 12.1 Å². The Morgan fingerprint density at radius 2 is 1.67 bits per heavy atom. The summed E-state index contributed by atoms with van der Waals surface area (Å²) < 4.78 is 4.54. The van der Waals surface area contributed by atoms with Gasteiger partial charge in [-0.2, -0.15) is 0 Å². The zero-order valence-corrected chi connectivity index (χ0v) is 6.28. The van der Waals surface area contributed by atoms with Crippen molar-refractivity contribution in [3.63, 3.8) is 0 Å². The van der Waals surface area contributed by atoms with Crippen LogP contribution in [0.2, 0.25) is 0 Å². The van der Waals surface area contributed by atoms with Gasteiger partial charge in [0.15, 0.2) is 5.75 Å². The van der Waals surface area contributed by atoms with Crippen LogP contribution in [0.5, 0.6) is 5.75 Å². The van der Waals surface area contributed by atoms with E-state index in [9.17, 15) is 4.79 Å². The molecule has 0 spiro atoms. The van der Waals surface area contributed by atoms with Gasteiger partial charge in [-0.05, 0) is 12.1 Å². The van der Waals surface area contributed by atoms with Crippen molar-refractivity contribution in [3.05, 3.63) is 12.1 Å². The lowest BCUT2D eigenvalue weighted by atomic mass is 10.2. The number of nitrogen functional groups attached to an aromatic ring is 3. The van der Waals surface area contributed by atoms with Gasteiger partial charge in [0.05, 0.1) is 11.4 Å². The minimum absolute atomic E-state index is 0.152. The first-order valence-corrected chi connectivity index (χ1v) is 3.20. The molecule has 0 aliphatic heterocycles. The van der Waals surface area contributed by atoms with Gasteiger partial charge in [-0.25, -0.2) is 0 Å². The van der Waals surface area contributed by atoms with Crippen LogP contribution in [0.15, 0.2) is 12.1 Å². The number of ether oxygens (including phenoxy) is 1. The van der Waals surface area contributed by atoms with Gasteiger partial charge in [-0.15, -0.1) is 0 Å². The molecule has 0 fully saturated rings. The number of nitrogens with two attached hydrogens (primary N) is 3. The van der Waals surface area contributed by atoms with Crippen LogP contribution < -0.4 is 21.9 Å². The van der Waals surface area contributed by atoms with Gasteiger partial charge in [-0.3, -0.25) is 4.79 Å². The molecule has 0 bridgehead atoms. The highest BCUT2D eigenvalue weighted by molar-refractivity contribution is 5.75. The van der Waals surface area contributed by atoms with E-state index in [0.717, 1.165) is 0 Å². The van der Waals surface area contributed by atoms with E-state index >= 15 is 0 Å². The van der Waals surface area contributed by atoms with E-state index in [0.29, 0.717) is 5.69 Å². The topological polar surface area (TPSA) is 104 Å². The van der Waals surface area contributed by atoms with Gasteiger partial charge < -0.3 is 21.9 Å². The second kappa shape index (κ2) is 3.00. The molecule has 0 aliphatic carbocycles. The summed E-state index contributed by atoms with van der Waals surface area (Å²) in [6.45, 7) is 0.262. The van der Waals surface area contributed by atoms with Gasteiger partial charge in [0.1, 0.15) is 0 Å². The van der Waals surface area contributed by atoms with Crippen LogP contribution in [0, 0.1) is 0 Å². The zero-order chi connectivity index (χ0) is 9.14. The highest BCUT2D eigenvalue weighted by atomic mass is 16.5. The lowest BCUT2D eigenvalue weighted by Crippen LogP contribution is -2.01. The number of anilines is 3. The van der Waals surface area contributed by atoms with Crippen LogP contribution in [0.4, 0.5) is 17.1 Å². The first-order chi connectivity index (χ1) is 5.65. The average molecular weight is 167 g/mol. The van der Waals surface area contributed by atoms with E-state index in [1.54, 1.807) is 0 Å². The molecular formula is C7H9N3O2. The van der Waals surface area contributed by atoms with E-state index < -0.39 is 0 Å². The lowest BCUT2D eigenvalue weighted by molar-refractivity contribution is -0.120. The summed E-state index contributed by atoms with van der Waals surface area (Å²) in [5.74, 6) is 0.152. The fourth-order valence-electron chi connectivity index (χ4n) is 0.883. The normalized spacial score (nSPS) is 9.33. The van der Waals surface area contributed by atoms with Gasteiger partial charge in [0.25, 0.3) is 6.47 Å². The monoisotopic (exact) mass is 167 g/mol. The van der Waals surface area contributed by atoms with Crippen molar-refractivity contribution in [2.75, 3.05) is 17.2 Å². The maximum Gasteiger partial charge on any atom is 0.298 e. The summed E-state index contributed by atoms with van der Waals surface area (Å²) in [5.41, 5.74) is 17.3. The Balaban J connectivity index is 3.18. The second-order valence-corrected chi connectivity index (χ2v) is 2.24. The number of carbonyl (C=O) groups excluding carboxylic acids is 1. The van der Waals surface area contributed by atoms with Gasteiger partial charge in [-0.1, -0.05) is 0 Å². The van der Waals surface area contributed by atoms with Crippen molar-refractivity contribution in [1.29, 1.82) is 0 Å². The van der Waals surface area contributed by atoms with E-state index in [4.69, 9.17) is 17.2 Å². The summed E-state index contributed by atoms with van der Waals surface area (Å²) in [4.78, 5) is 10.00. The zero-order valence-electron chi connectivity index (χ0n) is 6.28. The molecule has 0 aromatic heterocycles. The minimum atomic E-state index is 0.152. The smallest absolute Gasteiger partial charge is 0.298 e. The summed E-state index contributed by atoms with van der Waals surface area (Å²) in [6, 6.07) is 2.93. The standard InChI is InChI=1S/C7H9N3O2/c8-4-1-5(9)7(12-3-11)6(10)2-4/h1-3H,8-10H2. The lowest BCUT2D eigenvalue weighted by Gasteiger charge is -2.06. The molecule has 5 nitrogen and oxygen atoms in total.